The first kappa shape index (κ1) is 13.6. The maximum atomic E-state index is 12.4. The number of carbonyl (C=O) groups excluding carboxylic acids is 1. The zero-order chi connectivity index (χ0) is 14.3. The summed E-state index contributed by atoms with van der Waals surface area (Å²) in [4.78, 5) is 25.2. The highest BCUT2D eigenvalue weighted by Crippen LogP contribution is 2.49. The van der Waals surface area contributed by atoms with Crippen molar-refractivity contribution < 1.29 is 14.7 Å². The minimum absolute atomic E-state index is 0.0138. The lowest BCUT2D eigenvalue weighted by Gasteiger charge is -2.21. The molecule has 1 N–H and O–H groups in total. The second kappa shape index (κ2) is 5.20. The van der Waals surface area contributed by atoms with Crippen molar-refractivity contribution >= 4 is 27.8 Å². The third-order valence-corrected chi connectivity index (χ3v) is 4.70. The lowest BCUT2D eigenvalue weighted by Crippen LogP contribution is -2.41. The molecule has 0 bridgehead atoms. The minimum atomic E-state index is -0.879. The van der Waals surface area contributed by atoms with E-state index in [0.717, 1.165) is 22.9 Å². The van der Waals surface area contributed by atoms with Crippen LogP contribution in [-0.2, 0) is 9.59 Å². The molecule has 0 radical (unpaired) electrons. The van der Waals surface area contributed by atoms with Crippen molar-refractivity contribution in [1.29, 1.82) is 0 Å². The molecule has 1 saturated heterocycles. The number of benzene rings is 1. The summed E-state index contributed by atoms with van der Waals surface area (Å²) >= 11 is 3.44. The predicted molar refractivity (Wildman–Crippen MR) is 77.4 cm³/mol. The molecule has 1 aliphatic heterocycles. The van der Waals surface area contributed by atoms with E-state index in [0.29, 0.717) is 13.0 Å². The van der Waals surface area contributed by atoms with Gasteiger partial charge in [-0.25, -0.2) is 4.79 Å². The van der Waals surface area contributed by atoms with Crippen LogP contribution in [0.25, 0.3) is 0 Å². The smallest absolute Gasteiger partial charge is 0.326 e. The summed E-state index contributed by atoms with van der Waals surface area (Å²) in [6, 6.07) is 7.38. The summed E-state index contributed by atoms with van der Waals surface area (Å²) in [7, 11) is 0. The molecule has 5 heteroatoms. The number of amides is 1. The van der Waals surface area contributed by atoms with Crippen LogP contribution < -0.4 is 0 Å². The lowest BCUT2D eigenvalue weighted by atomic mass is 10.1. The molecule has 1 aliphatic carbocycles. The van der Waals surface area contributed by atoms with Crippen molar-refractivity contribution in [2.45, 2.75) is 31.2 Å². The summed E-state index contributed by atoms with van der Waals surface area (Å²) in [6.45, 7) is 0.581. The second-order valence-corrected chi connectivity index (χ2v) is 6.45. The molecule has 3 rings (SSSR count). The Morgan fingerprint density at radius 2 is 2.15 bits per heavy atom. The SMILES string of the molecule is O=C(O)[C@@H]1CCCN1C(=O)[C@H]1C[C@@H]1c1cccc(Br)c1. The number of hydrogen-bond acceptors (Lipinski definition) is 2. The predicted octanol–water partition coefficient (Wildman–Crippen LogP) is 2.63. The normalized spacial score (nSPS) is 28.4. The van der Waals surface area contributed by atoms with Crippen LogP contribution in [0.4, 0.5) is 0 Å². The van der Waals surface area contributed by atoms with Crippen molar-refractivity contribution in [1.82, 2.24) is 4.90 Å². The van der Waals surface area contributed by atoms with Crippen LogP contribution in [0.15, 0.2) is 28.7 Å². The average Bonchev–Trinajstić information content (AvgIpc) is 3.06. The van der Waals surface area contributed by atoms with Crippen LogP contribution in [0.1, 0.15) is 30.7 Å². The molecular formula is C15H16BrNO3. The molecule has 1 aromatic carbocycles. The van der Waals surface area contributed by atoms with E-state index in [1.807, 2.05) is 24.3 Å². The van der Waals surface area contributed by atoms with E-state index >= 15 is 0 Å². The maximum absolute atomic E-state index is 12.4. The van der Waals surface area contributed by atoms with Gasteiger partial charge in [0.05, 0.1) is 0 Å². The molecule has 1 heterocycles. The van der Waals surface area contributed by atoms with E-state index in [9.17, 15) is 9.59 Å². The Balaban J connectivity index is 1.70. The number of hydrogen-bond donors (Lipinski definition) is 1. The molecule has 0 spiro atoms. The molecule has 1 saturated carbocycles. The number of aliphatic carboxylic acids is 1. The highest BCUT2D eigenvalue weighted by atomic mass is 79.9. The fourth-order valence-corrected chi connectivity index (χ4v) is 3.49. The van der Waals surface area contributed by atoms with Gasteiger partial charge in [0.25, 0.3) is 0 Å². The Labute approximate surface area is 125 Å². The van der Waals surface area contributed by atoms with Gasteiger partial charge < -0.3 is 10.0 Å². The summed E-state index contributed by atoms with van der Waals surface area (Å²) in [5.74, 6) is -0.658. The van der Waals surface area contributed by atoms with Crippen molar-refractivity contribution in [3.63, 3.8) is 0 Å². The molecule has 20 heavy (non-hydrogen) atoms. The van der Waals surface area contributed by atoms with Gasteiger partial charge in [-0.15, -0.1) is 0 Å². The first-order valence-corrected chi connectivity index (χ1v) is 7.66. The topological polar surface area (TPSA) is 57.6 Å². The summed E-state index contributed by atoms with van der Waals surface area (Å²) in [6.07, 6.45) is 2.20. The molecular weight excluding hydrogens is 322 g/mol. The Hall–Kier alpha value is -1.36. The third-order valence-electron chi connectivity index (χ3n) is 4.21. The molecule has 0 aromatic heterocycles. The van der Waals surface area contributed by atoms with Crippen LogP contribution in [0.2, 0.25) is 0 Å². The Kier molecular flexibility index (Phi) is 3.54. The third kappa shape index (κ3) is 2.46. The first-order valence-electron chi connectivity index (χ1n) is 6.86. The maximum Gasteiger partial charge on any atom is 0.326 e. The zero-order valence-corrected chi connectivity index (χ0v) is 12.5. The van der Waals surface area contributed by atoms with Crippen LogP contribution in [0, 0.1) is 5.92 Å². The molecule has 1 amide bonds. The van der Waals surface area contributed by atoms with Gasteiger partial charge in [0.1, 0.15) is 6.04 Å². The van der Waals surface area contributed by atoms with Crippen molar-refractivity contribution in [2.24, 2.45) is 5.92 Å². The Bertz CT molecular complexity index is 560. The van der Waals surface area contributed by atoms with E-state index in [4.69, 9.17) is 5.11 Å². The average molecular weight is 338 g/mol. The van der Waals surface area contributed by atoms with Gasteiger partial charge in [0.15, 0.2) is 0 Å². The number of nitrogens with zero attached hydrogens (tertiary/aromatic N) is 1. The second-order valence-electron chi connectivity index (χ2n) is 5.53. The Morgan fingerprint density at radius 3 is 2.85 bits per heavy atom. The van der Waals surface area contributed by atoms with E-state index < -0.39 is 12.0 Å². The number of likely N-dealkylation sites (tertiary alicyclic amines) is 1. The van der Waals surface area contributed by atoms with Crippen LogP contribution >= 0.6 is 15.9 Å². The summed E-state index contributed by atoms with van der Waals surface area (Å²) < 4.78 is 1.01. The number of carboxylic acid groups (broad SMARTS) is 1. The van der Waals surface area contributed by atoms with Crippen molar-refractivity contribution in [3.8, 4) is 0 Å². The van der Waals surface area contributed by atoms with Gasteiger partial charge in [-0.2, -0.15) is 0 Å². The van der Waals surface area contributed by atoms with Gasteiger partial charge in [0.2, 0.25) is 5.91 Å². The van der Waals surface area contributed by atoms with Crippen LogP contribution in [0.5, 0.6) is 0 Å². The summed E-state index contributed by atoms with van der Waals surface area (Å²) in [5, 5.41) is 9.15. The summed E-state index contributed by atoms with van der Waals surface area (Å²) in [5.41, 5.74) is 1.16. The van der Waals surface area contributed by atoms with E-state index in [2.05, 4.69) is 15.9 Å². The van der Waals surface area contributed by atoms with Gasteiger partial charge in [-0.05, 0) is 42.9 Å². The van der Waals surface area contributed by atoms with E-state index in [1.54, 1.807) is 4.90 Å². The van der Waals surface area contributed by atoms with Crippen molar-refractivity contribution in [2.75, 3.05) is 6.54 Å². The van der Waals surface area contributed by atoms with E-state index in [1.165, 1.54) is 0 Å². The Morgan fingerprint density at radius 1 is 1.35 bits per heavy atom. The van der Waals surface area contributed by atoms with Gasteiger partial charge in [0, 0.05) is 16.9 Å². The van der Waals surface area contributed by atoms with E-state index in [-0.39, 0.29) is 17.7 Å². The highest BCUT2D eigenvalue weighted by Gasteiger charge is 2.48. The molecule has 4 nitrogen and oxygen atoms in total. The molecule has 106 valence electrons. The fraction of sp³-hybridized carbons (Fsp3) is 0.467. The molecule has 1 aromatic rings. The van der Waals surface area contributed by atoms with Crippen LogP contribution in [0.3, 0.4) is 0 Å². The zero-order valence-electron chi connectivity index (χ0n) is 11.0. The first-order chi connectivity index (χ1) is 9.58. The molecule has 2 fully saturated rings. The largest absolute Gasteiger partial charge is 0.480 e. The monoisotopic (exact) mass is 337 g/mol. The minimum Gasteiger partial charge on any atom is -0.480 e. The van der Waals surface area contributed by atoms with Gasteiger partial charge >= 0.3 is 5.97 Å². The lowest BCUT2D eigenvalue weighted by molar-refractivity contribution is -0.148. The standard InChI is InChI=1S/C15H16BrNO3/c16-10-4-1-3-9(7-10)11-8-12(11)14(18)17-6-2-5-13(17)15(19)20/h1,3-4,7,11-13H,2,5-6,8H2,(H,19,20)/t11-,12+,13+/m1/s1. The fourth-order valence-electron chi connectivity index (χ4n) is 3.07. The highest BCUT2D eigenvalue weighted by molar-refractivity contribution is 9.10. The van der Waals surface area contributed by atoms with Crippen molar-refractivity contribution in [3.05, 3.63) is 34.3 Å². The van der Waals surface area contributed by atoms with Gasteiger partial charge in [-0.3, -0.25) is 4.79 Å². The molecule has 3 atom stereocenters. The van der Waals surface area contributed by atoms with Crippen LogP contribution in [-0.4, -0.2) is 34.5 Å². The number of halogens is 1. The van der Waals surface area contributed by atoms with Gasteiger partial charge in [-0.1, -0.05) is 28.1 Å². The number of carboxylic acids is 1. The molecule has 0 unspecified atom stereocenters. The molecule has 2 aliphatic rings. The number of carbonyl (C=O) groups is 2. The number of rotatable bonds is 3. The quantitative estimate of drug-likeness (QED) is 0.922.